The highest BCUT2D eigenvalue weighted by Gasteiger charge is 2.41. The van der Waals surface area contributed by atoms with Crippen molar-refractivity contribution in [2.75, 3.05) is 26.3 Å². The fourth-order valence-electron chi connectivity index (χ4n) is 7.02. The van der Waals surface area contributed by atoms with Crippen LogP contribution in [0.25, 0.3) is 10.9 Å². The molecule has 47 heavy (non-hydrogen) atoms. The van der Waals surface area contributed by atoms with Gasteiger partial charge in [0.1, 0.15) is 24.6 Å². The number of fused-ring (bicyclic) bond motifs is 1. The van der Waals surface area contributed by atoms with E-state index in [4.69, 9.17) is 9.47 Å². The van der Waals surface area contributed by atoms with Crippen molar-refractivity contribution in [1.29, 1.82) is 0 Å². The largest absolute Gasteiger partial charge is 0.482 e. The smallest absolute Gasteiger partial charge is 0.248 e. The van der Waals surface area contributed by atoms with Crippen LogP contribution < -0.4 is 10.1 Å². The normalized spacial score (nSPS) is 24.6. The standard InChI is InChI=1S/C37H48IN3O6/c1-23(2)28-13-12-24(3)18-33(28)46-22-35(43)41(16-14-27-19-25-8-4-6-10-30(25)40-27)31-20-26(37(45)39-15-17-42)21-34(36(31)44)47-32-11-7-5-9-29(32)38/h4-11,19,21,23-24,28,31,33-34,36,40,42,44H,12-18,20,22H2,1-3H3,(H,39,45)/t24-,28+,31+,33-,34-,36-/m0/s1. The molecule has 5 rings (SSSR count). The summed E-state index contributed by atoms with van der Waals surface area (Å²) in [6, 6.07) is 16.9. The summed E-state index contributed by atoms with van der Waals surface area (Å²) in [5.41, 5.74) is 2.39. The maximum atomic E-state index is 14.2. The van der Waals surface area contributed by atoms with Crippen LogP contribution in [-0.4, -0.2) is 82.6 Å². The Bertz CT molecular complexity index is 1510. The van der Waals surface area contributed by atoms with Crippen LogP contribution in [0.3, 0.4) is 0 Å². The lowest BCUT2D eigenvalue weighted by molar-refractivity contribution is -0.148. The highest BCUT2D eigenvalue weighted by atomic mass is 127. The quantitative estimate of drug-likeness (QED) is 0.177. The van der Waals surface area contributed by atoms with Gasteiger partial charge in [0.15, 0.2) is 0 Å². The second-order valence-corrected chi connectivity index (χ2v) is 14.5. The molecule has 4 N–H and O–H groups in total. The van der Waals surface area contributed by atoms with E-state index in [-0.39, 0.29) is 44.1 Å². The van der Waals surface area contributed by atoms with Gasteiger partial charge in [-0.3, -0.25) is 9.59 Å². The van der Waals surface area contributed by atoms with Gasteiger partial charge >= 0.3 is 0 Å². The first-order valence-electron chi connectivity index (χ1n) is 16.8. The van der Waals surface area contributed by atoms with E-state index in [1.54, 1.807) is 11.0 Å². The van der Waals surface area contributed by atoms with E-state index in [0.29, 0.717) is 42.0 Å². The topological polar surface area (TPSA) is 124 Å². The average Bonchev–Trinajstić information content (AvgIpc) is 3.48. The molecule has 6 atom stereocenters. The summed E-state index contributed by atoms with van der Waals surface area (Å²) in [7, 11) is 0. The second-order valence-electron chi connectivity index (χ2n) is 13.3. The van der Waals surface area contributed by atoms with E-state index in [0.717, 1.165) is 39.4 Å². The van der Waals surface area contributed by atoms with E-state index < -0.39 is 18.2 Å². The lowest BCUT2D eigenvalue weighted by Crippen LogP contribution is -2.56. The predicted octanol–water partition coefficient (Wildman–Crippen LogP) is 5.24. The van der Waals surface area contributed by atoms with Crippen molar-refractivity contribution in [2.45, 2.75) is 77.2 Å². The van der Waals surface area contributed by atoms with Crippen LogP contribution in [-0.2, 0) is 20.7 Å². The minimum atomic E-state index is -1.11. The molecule has 2 amide bonds. The van der Waals surface area contributed by atoms with Gasteiger partial charge in [0, 0.05) is 42.7 Å². The molecule has 10 heteroatoms. The summed E-state index contributed by atoms with van der Waals surface area (Å²) in [5, 5.41) is 25.0. The molecule has 0 unspecified atom stereocenters. The van der Waals surface area contributed by atoms with Gasteiger partial charge in [-0.25, -0.2) is 0 Å². The maximum absolute atomic E-state index is 14.2. The van der Waals surface area contributed by atoms with Gasteiger partial charge in [-0.15, -0.1) is 0 Å². The molecule has 0 bridgehead atoms. The molecule has 2 aromatic carbocycles. The van der Waals surface area contributed by atoms with E-state index >= 15 is 0 Å². The van der Waals surface area contributed by atoms with Gasteiger partial charge in [0.05, 0.1) is 22.3 Å². The summed E-state index contributed by atoms with van der Waals surface area (Å²) in [6.45, 7) is 6.78. The minimum absolute atomic E-state index is 0.00881. The van der Waals surface area contributed by atoms with Crippen molar-refractivity contribution in [3.63, 3.8) is 0 Å². The van der Waals surface area contributed by atoms with E-state index in [1.807, 2.05) is 48.5 Å². The molecule has 1 heterocycles. The summed E-state index contributed by atoms with van der Waals surface area (Å²) in [5.74, 6) is 1.36. The number of benzene rings is 2. The first-order chi connectivity index (χ1) is 22.6. The van der Waals surface area contributed by atoms with Crippen molar-refractivity contribution in [2.24, 2.45) is 17.8 Å². The highest BCUT2D eigenvalue weighted by molar-refractivity contribution is 14.1. The number of rotatable bonds is 13. The third-order valence-electron chi connectivity index (χ3n) is 9.62. The van der Waals surface area contributed by atoms with Crippen molar-refractivity contribution in [3.8, 4) is 5.75 Å². The van der Waals surface area contributed by atoms with E-state index in [9.17, 15) is 19.8 Å². The lowest BCUT2D eigenvalue weighted by atomic mass is 9.75. The summed E-state index contributed by atoms with van der Waals surface area (Å²) < 4.78 is 13.6. The number of carbonyl (C=O) groups is 2. The number of nitrogens with one attached hydrogen (secondary N) is 2. The molecular formula is C37H48IN3O6. The van der Waals surface area contributed by atoms with Crippen LogP contribution in [0, 0.1) is 21.3 Å². The number of para-hydroxylation sites is 2. The molecule has 0 saturated heterocycles. The number of aromatic amines is 1. The van der Waals surface area contributed by atoms with Crippen LogP contribution in [0.15, 0.2) is 66.2 Å². The van der Waals surface area contributed by atoms with Crippen molar-refractivity contribution >= 4 is 45.3 Å². The number of carbonyl (C=O) groups excluding carboxylic acids is 2. The number of aliphatic hydroxyl groups is 2. The third kappa shape index (κ3) is 8.95. The zero-order valence-electron chi connectivity index (χ0n) is 27.5. The number of aliphatic hydroxyl groups excluding tert-OH is 2. The van der Waals surface area contributed by atoms with Gasteiger partial charge in [-0.2, -0.15) is 0 Å². The predicted molar refractivity (Wildman–Crippen MR) is 191 cm³/mol. The number of nitrogens with zero attached hydrogens (tertiary/aromatic N) is 1. The first kappa shape index (κ1) is 35.4. The van der Waals surface area contributed by atoms with Gasteiger partial charge in [-0.05, 0) is 88.9 Å². The number of hydrogen-bond donors (Lipinski definition) is 4. The van der Waals surface area contributed by atoms with Crippen LogP contribution in [0.1, 0.15) is 52.1 Å². The Hall–Kier alpha value is -2.93. The number of amides is 2. The molecule has 0 aliphatic heterocycles. The number of halogens is 1. The van der Waals surface area contributed by atoms with Crippen LogP contribution >= 0.6 is 22.6 Å². The van der Waals surface area contributed by atoms with Crippen LogP contribution in [0.4, 0.5) is 0 Å². The summed E-state index contributed by atoms with van der Waals surface area (Å²) in [4.78, 5) is 32.6. The monoisotopic (exact) mass is 757 g/mol. The zero-order chi connectivity index (χ0) is 33.5. The fourth-order valence-corrected chi connectivity index (χ4v) is 7.53. The maximum Gasteiger partial charge on any atom is 0.248 e. The van der Waals surface area contributed by atoms with Gasteiger partial charge < -0.3 is 34.9 Å². The zero-order valence-corrected chi connectivity index (χ0v) is 29.7. The Balaban J connectivity index is 1.42. The van der Waals surface area contributed by atoms with Crippen LogP contribution in [0.5, 0.6) is 5.75 Å². The molecule has 0 radical (unpaired) electrons. The van der Waals surface area contributed by atoms with Gasteiger partial charge in [0.25, 0.3) is 0 Å². The molecule has 2 aliphatic rings. The van der Waals surface area contributed by atoms with E-state index in [1.165, 1.54) is 0 Å². The number of hydrogen-bond acceptors (Lipinski definition) is 6. The van der Waals surface area contributed by atoms with Gasteiger partial charge in [-0.1, -0.05) is 57.5 Å². The Kier molecular flexibility index (Phi) is 12.4. The Labute approximate surface area is 291 Å². The molecule has 254 valence electrons. The number of H-pyrrole nitrogens is 1. The second kappa shape index (κ2) is 16.5. The summed E-state index contributed by atoms with van der Waals surface area (Å²) in [6.07, 6.45) is 3.47. The third-order valence-corrected chi connectivity index (χ3v) is 10.5. The van der Waals surface area contributed by atoms with Crippen molar-refractivity contribution in [1.82, 2.24) is 15.2 Å². The number of aromatic nitrogens is 1. The SMILES string of the molecule is CC(C)[C@H]1CC[C@H](C)C[C@@H]1OCC(=O)N(CCc1cc2ccccc2[nH]1)[C@@H]1CC(C(=O)NCCO)=C[C@H](Oc2ccccc2I)[C@H]1O. The molecule has 1 aromatic heterocycles. The Morgan fingerprint density at radius 1 is 1.13 bits per heavy atom. The fraction of sp³-hybridized carbons (Fsp3) is 0.514. The molecule has 2 aliphatic carbocycles. The molecule has 9 nitrogen and oxygen atoms in total. The minimum Gasteiger partial charge on any atom is -0.482 e. The lowest BCUT2D eigenvalue weighted by Gasteiger charge is -2.41. The Morgan fingerprint density at radius 2 is 1.89 bits per heavy atom. The molecule has 0 spiro atoms. The van der Waals surface area contributed by atoms with Gasteiger partial charge in [0.2, 0.25) is 11.8 Å². The summed E-state index contributed by atoms with van der Waals surface area (Å²) >= 11 is 2.18. The highest BCUT2D eigenvalue weighted by Crippen LogP contribution is 2.36. The van der Waals surface area contributed by atoms with Crippen LogP contribution in [0.2, 0.25) is 0 Å². The molecular weight excluding hydrogens is 709 g/mol. The van der Waals surface area contributed by atoms with Crippen molar-refractivity contribution < 1.29 is 29.3 Å². The molecule has 3 aromatic rings. The molecule has 1 saturated carbocycles. The molecule has 1 fully saturated rings. The average molecular weight is 758 g/mol. The first-order valence-corrected chi connectivity index (χ1v) is 17.9. The number of ether oxygens (including phenoxy) is 2. The van der Waals surface area contributed by atoms with Crippen molar-refractivity contribution in [3.05, 3.63) is 75.5 Å². The Morgan fingerprint density at radius 3 is 2.64 bits per heavy atom. The van der Waals surface area contributed by atoms with E-state index in [2.05, 4.69) is 59.7 Å².